The number of imidazole rings is 1. The van der Waals surface area contributed by atoms with E-state index in [0.29, 0.717) is 26.2 Å². The third-order valence-electron chi connectivity index (χ3n) is 4.22. The number of hydrogen-bond acceptors (Lipinski definition) is 5. The Morgan fingerprint density at radius 1 is 1.08 bits per heavy atom. The van der Waals surface area contributed by atoms with Crippen molar-refractivity contribution in [2.24, 2.45) is 0 Å². The molecule has 0 aromatic carbocycles. The van der Waals surface area contributed by atoms with Crippen LogP contribution in [0.25, 0.3) is 5.65 Å². The molecule has 0 radical (unpaired) electrons. The molecule has 1 saturated heterocycles. The molecule has 0 aliphatic carbocycles. The molecule has 0 unspecified atom stereocenters. The molecule has 8 heteroatoms. The fourth-order valence-electron chi connectivity index (χ4n) is 2.96. The van der Waals surface area contributed by atoms with E-state index in [2.05, 4.69) is 9.88 Å². The van der Waals surface area contributed by atoms with Crippen molar-refractivity contribution in [1.82, 2.24) is 18.6 Å². The van der Waals surface area contributed by atoms with Crippen LogP contribution in [0.15, 0.2) is 58.5 Å². The molecular formula is C16H18N4O3S. The Hall–Kier alpha value is -2.16. The molecule has 0 N–H and O–H groups in total. The molecule has 0 spiro atoms. The van der Waals surface area contributed by atoms with Gasteiger partial charge in [-0.15, -0.1) is 0 Å². The molecule has 3 aromatic rings. The summed E-state index contributed by atoms with van der Waals surface area (Å²) in [6.07, 6.45) is 5.37. The van der Waals surface area contributed by atoms with Crippen LogP contribution in [0.5, 0.6) is 0 Å². The zero-order chi connectivity index (χ0) is 16.6. The maximum Gasteiger partial charge on any atom is 0.276 e. The summed E-state index contributed by atoms with van der Waals surface area (Å²) in [6, 6.07) is 8.98. The van der Waals surface area contributed by atoms with Crippen LogP contribution in [0.2, 0.25) is 0 Å². The molecular weight excluding hydrogens is 328 g/mol. The summed E-state index contributed by atoms with van der Waals surface area (Å²) in [5.41, 5.74) is 1.91. The SMILES string of the molecule is O=S(=O)(c1ccco1)N1CCN(Cc2cn3ccccc3n2)CC1. The highest BCUT2D eigenvalue weighted by molar-refractivity contribution is 7.89. The zero-order valence-corrected chi connectivity index (χ0v) is 13.9. The Morgan fingerprint density at radius 3 is 2.62 bits per heavy atom. The molecule has 1 aliphatic rings. The lowest BCUT2D eigenvalue weighted by atomic mass is 10.3. The van der Waals surface area contributed by atoms with Gasteiger partial charge in [0.1, 0.15) is 5.65 Å². The zero-order valence-electron chi connectivity index (χ0n) is 13.1. The lowest BCUT2D eigenvalue weighted by Crippen LogP contribution is -2.48. The van der Waals surface area contributed by atoms with Crippen LogP contribution in [0.1, 0.15) is 5.69 Å². The fraction of sp³-hybridized carbons (Fsp3) is 0.312. The van der Waals surface area contributed by atoms with Crippen LogP contribution in [-0.4, -0.2) is 53.2 Å². The first-order valence-electron chi connectivity index (χ1n) is 7.81. The highest BCUT2D eigenvalue weighted by Gasteiger charge is 2.30. The van der Waals surface area contributed by atoms with E-state index in [-0.39, 0.29) is 5.09 Å². The van der Waals surface area contributed by atoms with E-state index >= 15 is 0 Å². The Morgan fingerprint density at radius 2 is 1.92 bits per heavy atom. The predicted molar refractivity (Wildman–Crippen MR) is 87.9 cm³/mol. The highest BCUT2D eigenvalue weighted by atomic mass is 32.2. The summed E-state index contributed by atoms with van der Waals surface area (Å²) in [5, 5.41) is 0.0105. The molecule has 4 rings (SSSR count). The number of piperazine rings is 1. The third kappa shape index (κ3) is 2.83. The lowest BCUT2D eigenvalue weighted by molar-refractivity contribution is 0.178. The van der Waals surface area contributed by atoms with Gasteiger partial charge in [0.25, 0.3) is 10.0 Å². The van der Waals surface area contributed by atoms with Crippen molar-refractivity contribution in [3.05, 3.63) is 54.7 Å². The molecule has 1 aliphatic heterocycles. The lowest BCUT2D eigenvalue weighted by Gasteiger charge is -2.32. The summed E-state index contributed by atoms with van der Waals surface area (Å²) in [7, 11) is -3.52. The molecule has 3 aromatic heterocycles. The summed E-state index contributed by atoms with van der Waals surface area (Å²) < 4.78 is 33.4. The van der Waals surface area contributed by atoms with Gasteiger partial charge in [0.2, 0.25) is 5.09 Å². The van der Waals surface area contributed by atoms with Gasteiger partial charge in [-0.2, -0.15) is 4.31 Å². The first kappa shape index (κ1) is 15.4. The van der Waals surface area contributed by atoms with Gasteiger partial charge in [-0.1, -0.05) is 6.07 Å². The van der Waals surface area contributed by atoms with Gasteiger partial charge in [-0.05, 0) is 24.3 Å². The average molecular weight is 346 g/mol. The van der Waals surface area contributed by atoms with E-state index in [0.717, 1.165) is 17.9 Å². The Kier molecular flexibility index (Phi) is 3.87. The number of sulfonamides is 1. The van der Waals surface area contributed by atoms with Crippen LogP contribution < -0.4 is 0 Å². The van der Waals surface area contributed by atoms with Crippen molar-refractivity contribution >= 4 is 15.7 Å². The van der Waals surface area contributed by atoms with Gasteiger partial charge < -0.3 is 8.82 Å². The molecule has 126 valence electrons. The number of furan rings is 1. The van der Waals surface area contributed by atoms with Crippen LogP contribution in [-0.2, 0) is 16.6 Å². The van der Waals surface area contributed by atoms with E-state index in [1.54, 1.807) is 6.07 Å². The van der Waals surface area contributed by atoms with E-state index in [1.807, 2.05) is 35.0 Å². The first-order valence-corrected chi connectivity index (χ1v) is 9.25. The molecule has 24 heavy (non-hydrogen) atoms. The molecule has 0 bridgehead atoms. The molecule has 1 fully saturated rings. The fourth-order valence-corrected chi connectivity index (χ4v) is 4.28. The second kappa shape index (κ2) is 6.04. The van der Waals surface area contributed by atoms with Gasteiger partial charge in [-0.3, -0.25) is 4.90 Å². The summed E-state index contributed by atoms with van der Waals surface area (Å²) in [5.74, 6) is 0. The standard InChI is InChI=1S/C16H18N4O3S/c21-24(22,16-5-3-11-23-16)20-9-7-18(8-10-20)12-14-13-19-6-2-1-4-15(19)17-14/h1-6,11,13H,7-10,12H2. The predicted octanol–water partition coefficient (Wildman–Crippen LogP) is 1.43. The minimum atomic E-state index is -3.52. The van der Waals surface area contributed by atoms with E-state index in [1.165, 1.54) is 16.6 Å². The smallest absolute Gasteiger partial charge is 0.276 e. The van der Waals surface area contributed by atoms with Crippen molar-refractivity contribution in [2.75, 3.05) is 26.2 Å². The highest BCUT2D eigenvalue weighted by Crippen LogP contribution is 2.18. The second-order valence-corrected chi connectivity index (χ2v) is 7.68. The number of fused-ring (bicyclic) bond motifs is 1. The molecule has 7 nitrogen and oxygen atoms in total. The minimum absolute atomic E-state index is 0.0105. The Labute approximate surface area is 140 Å². The molecule has 0 saturated carbocycles. The van der Waals surface area contributed by atoms with Gasteiger partial charge in [0.15, 0.2) is 0 Å². The third-order valence-corrected chi connectivity index (χ3v) is 6.01. The van der Waals surface area contributed by atoms with Gasteiger partial charge >= 0.3 is 0 Å². The maximum atomic E-state index is 12.4. The van der Waals surface area contributed by atoms with Gasteiger partial charge in [0.05, 0.1) is 12.0 Å². The van der Waals surface area contributed by atoms with Crippen LogP contribution in [0.3, 0.4) is 0 Å². The largest absolute Gasteiger partial charge is 0.452 e. The van der Waals surface area contributed by atoms with Crippen molar-refractivity contribution < 1.29 is 12.8 Å². The quantitative estimate of drug-likeness (QED) is 0.715. The van der Waals surface area contributed by atoms with Gasteiger partial charge in [-0.25, -0.2) is 13.4 Å². The first-order chi connectivity index (χ1) is 11.6. The van der Waals surface area contributed by atoms with E-state index in [9.17, 15) is 8.42 Å². The number of aromatic nitrogens is 2. The minimum Gasteiger partial charge on any atom is -0.452 e. The normalized spacial score (nSPS) is 17.5. The number of hydrogen-bond donors (Lipinski definition) is 0. The summed E-state index contributed by atoms with van der Waals surface area (Å²) in [6.45, 7) is 2.98. The monoisotopic (exact) mass is 346 g/mol. The number of nitrogens with zero attached hydrogens (tertiary/aromatic N) is 4. The maximum absolute atomic E-state index is 12.4. The van der Waals surface area contributed by atoms with Crippen molar-refractivity contribution in [1.29, 1.82) is 0 Å². The Balaban J connectivity index is 1.41. The molecule has 0 atom stereocenters. The average Bonchev–Trinajstić information content (AvgIpc) is 3.25. The van der Waals surface area contributed by atoms with Gasteiger partial charge in [0, 0.05) is 45.1 Å². The second-order valence-electron chi connectivity index (χ2n) is 5.81. The van der Waals surface area contributed by atoms with Crippen LogP contribution in [0, 0.1) is 0 Å². The van der Waals surface area contributed by atoms with E-state index < -0.39 is 10.0 Å². The van der Waals surface area contributed by atoms with Crippen molar-refractivity contribution in [3.63, 3.8) is 0 Å². The number of pyridine rings is 1. The Bertz CT molecular complexity index is 892. The molecule has 4 heterocycles. The summed E-state index contributed by atoms with van der Waals surface area (Å²) >= 11 is 0. The number of rotatable bonds is 4. The van der Waals surface area contributed by atoms with Crippen molar-refractivity contribution in [2.45, 2.75) is 11.6 Å². The topological polar surface area (TPSA) is 71.1 Å². The van der Waals surface area contributed by atoms with Crippen LogP contribution in [0.4, 0.5) is 0 Å². The summed E-state index contributed by atoms with van der Waals surface area (Å²) in [4.78, 5) is 6.81. The van der Waals surface area contributed by atoms with Crippen LogP contribution >= 0.6 is 0 Å². The van der Waals surface area contributed by atoms with Crippen molar-refractivity contribution in [3.8, 4) is 0 Å². The van der Waals surface area contributed by atoms with E-state index in [4.69, 9.17) is 4.42 Å². The molecule has 0 amide bonds.